The molecule has 0 N–H and O–H groups in total. The first-order valence-corrected chi connectivity index (χ1v) is 15.4. The molecular formula is C34H33N5O3S. The van der Waals surface area contributed by atoms with Gasteiger partial charge in [0.2, 0.25) is 4.96 Å². The number of rotatable bonds is 11. The normalized spacial score (nSPS) is 11.8. The van der Waals surface area contributed by atoms with Crippen molar-refractivity contribution >= 4 is 22.4 Å². The van der Waals surface area contributed by atoms with Crippen LogP contribution >= 0.6 is 11.3 Å². The molecule has 0 aliphatic heterocycles. The van der Waals surface area contributed by atoms with Crippen LogP contribution < -0.4 is 19.6 Å². The first-order chi connectivity index (χ1) is 21.0. The van der Waals surface area contributed by atoms with Crippen LogP contribution in [0.5, 0.6) is 11.5 Å². The van der Waals surface area contributed by atoms with Crippen molar-refractivity contribution in [3.8, 4) is 39.8 Å². The first-order valence-electron chi connectivity index (χ1n) is 14.6. The van der Waals surface area contributed by atoms with Crippen LogP contribution in [0.2, 0.25) is 0 Å². The van der Waals surface area contributed by atoms with E-state index >= 15 is 0 Å². The zero-order valence-electron chi connectivity index (χ0n) is 24.5. The minimum atomic E-state index is -0.212. The highest BCUT2D eigenvalue weighted by molar-refractivity contribution is 7.15. The van der Waals surface area contributed by atoms with Crippen molar-refractivity contribution < 1.29 is 9.47 Å². The van der Waals surface area contributed by atoms with Gasteiger partial charge in [-0.25, -0.2) is 4.68 Å². The lowest BCUT2D eigenvalue weighted by Gasteiger charge is -2.08. The molecule has 3 aromatic carbocycles. The minimum absolute atomic E-state index is 0.212. The van der Waals surface area contributed by atoms with Crippen LogP contribution in [0.15, 0.2) is 83.8 Å². The molecule has 3 heterocycles. The highest BCUT2D eigenvalue weighted by atomic mass is 32.1. The van der Waals surface area contributed by atoms with Crippen LogP contribution in [-0.4, -0.2) is 37.6 Å². The third kappa shape index (κ3) is 6.08. The summed E-state index contributed by atoms with van der Waals surface area (Å²) in [5.41, 5.74) is 5.10. The molecule has 8 nitrogen and oxygen atoms in total. The van der Waals surface area contributed by atoms with E-state index in [9.17, 15) is 4.79 Å². The van der Waals surface area contributed by atoms with Gasteiger partial charge < -0.3 is 9.47 Å². The molecule has 0 spiro atoms. The van der Waals surface area contributed by atoms with E-state index in [0.717, 1.165) is 64.4 Å². The van der Waals surface area contributed by atoms with E-state index in [-0.39, 0.29) is 5.56 Å². The van der Waals surface area contributed by atoms with Gasteiger partial charge in [0.25, 0.3) is 5.56 Å². The topological polar surface area (TPSA) is 83.5 Å². The highest BCUT2D eigenvalue weighted by Gasteiger charge is 2.16. The molecule has 0 bridgehead atoms. The molecule has 6 aromatic rings. The summed E-state index contributed by atoms with van der Waals surface area (Å²) in [4.78, 5) is 18.7. The van der Waals surface area contributed by atoms with E-state index in [2.05, 4.69) is 23.1 Å². The van der Waals surface area contributed by atoms with Crippen molar-refractivity contribution in [3.05, 3.63) is 105 Å². The van der Waals surface area contributed by atoms with E-state index in [1.54, 1.807) is 0 Å². The van der Waals surface area contributed by atoms with Crippen molar-refractivity contribution in [2.75, 3.05) is 13.2 Å². The Morgan fingerprint density at radius 2 is 1.70 bits per heavy atom. The summed E-state index contributed by atoms with van der Waals surface area (Å²) in [7, 11) is 0. The Morgan fingerprint density at radius 3 is 2.42 bits per heavy atom. The van der Waals surface area contributed by atoms with E-state index in [4.69, 9.17) is 14.6 Å². The van der Waals surface area contributed by atoms with Gasteiger partial charge in [0.1, 0.15) is 17.2 Å². The zero-order chi connectivity index (χ0) is 29.8. The molecule has 0 saturated heterocycles. The lowest BCUT2D eigenvalue weighted by Crippen LogP contribution is -2.23. The quantitative estimate of drug-likeness (QED) is 0.160. The van der Waals surface area contributed by atoms with E-state index in [0.29, 0.717) is 28.5 Å². The van der Waals surface area contributed by atoms with Crippen LogP contribution in [0.1, 0.15) is 44.2 Å². The fraction of sp³-hybridized carbons (Fsp3) is 0.235. The van der Waals surface area contributed by atoms with Gasteiger partial charge in [-0.1, -0.05) is 49.3 Å². The number of ether oxygens (including phenoxy) is 2. The predicted octanol–water partition coefficient (Wildman–Crippen LogP) is 6.49. The van der Waals surface area contributed by atoms with Gasteiger partial charge in [-0.05, 0) is 86.5 Å². The van der Waals surface area contributed by atoms with Crippen LogP contribution in [0.25, 0.3) is 39.4 Å². The molecule has 9 heteroatoms. The van der Waals surface area contributed by atoms with Crippen molar-refractivity contribution in [1.82, 2.24) is 24.4 Å². The Hall–Kier alpha value is -4.76. The van der Waals surface area contributed by atoms with Gasteiger partial charge in [-0.15, -0.1) is 5.10 Å². The summed E-state index contributed by atoms with van der Waals surface area (Å²) in [5, 5.41) is 9.46. The maximum absolute atomic E-state index is 13.5. The van der Waals surface area contributed by atoms with Gasteiger partial charge in [-0.3, -0.25) is 4.79 Å². The molecular weight excluding hydrogens is 558 g/mol. The van der Waals surface area contributed by atoms with Gasteiger partial charge in [0, 0.05) is 22.9 Å². The lowest BCUT2D eigenvalue weighted by atomic mass is 10.0. The Bertz CT molecular complexity index is 1960. The molecule has 0 aliphatic carbocycles. The molecule has 0 saturated carbocycles. The van der Waals surface area contributed by atoms with Crippen LogP contribution in [0.4, 0.5) is 0 Å². The number of aryl methyl sites for hydroxylation is 1. The molecule has 0 unspecified atom stereocenters. The van der Waals surface area contributed by atoms with Gasteiger partial charge in [-0.2, -0.15) is 14.6 Å². The fourth-order valence-electron chi connectivity index (χ4n) is 4.88. The van der Waals surface area contributed by atoms with Crippen LogP contribution in [0.3, 0.4) is 0 Å². The molecule has 3 aromatic heterocycles. The van der Waals surface area contributed by atoms with E-state index < -0.39 is 0 Å². The number of thiazole rings is 1. The van der Waals surface area contributed by atoms with Gasteiger partial charge >= 0.3 is 0 Å². The number of para-hydroxylation sites is 1. The standard InChI is InChI=1S/C34H33N5O3S/c1-4-6-10-19-42-28-16-13-24(14-17-28)32-35-34-39(37-32)33(40)30(43-34)21-26-22-38(27-11-8-7-9-12-27)36-31(26)25-15-18-29(41-5-2)23(3)20-25/h7-9,11-18,20-22H,4-6,10,19H2,1-3H3/b30-21+. The summed E-state index contributed by atoms with van der Waals surface area (Å²) < 4.78 is 15.3. The summed E-state index contributed by atoms with van der Waals surface area (Å²) in [6.07, 6.45) is 7.18. The maximum atomic E-state index is 13.5. The van der Waals surface area contributed by atoms with Crippen LogP contribution in [0, 0.1) is 6.92 Å². The average Bonchev–Trinajstić information content (AvgIpc) is 3.72. The number of fused-ring (bicyclic) bond motifs is 1. The summed E-state index contributed by atoms with van der Waals surface area (Å²) in [6, 6.07) is 23.6. The number of hydrogen-bond donors (Lipinski definition) is 0. The Morgan fingerprint density at radius 1 is 0.907 bits per heavy atom. The molecule has 218 valence electrons. The number of nitrogens with zero attached hydrogens (tertiary/aromatic N) is 5. The molecule has 6 rings (SSSR count). The minimum Gasteiger partial charge on any atom is -0.494 e. The second-order valence-corrected chi connectivity index (χ2v) is 11.3. The van der Waals surface area contributed by atoms with Crippen molar-refractivity contribution in [2.45, 2.75) is 40.0 Å². The molecule has 0 atom stereocenters. The second kappa shape index (κ2) is 12.6. The van der Waals surface area contributed by atoms with Gasteiger partial charge in [0.15, 0.2) is 5.82 Å². The van der Waals surface area contributed by atoms with Gasteiger partial charge in [0.05, 0.1) is 23.4 Å². The molecule has 43 heavy (non-hydrogen) atoms. The maximum Gasteiger partial charge on any atom is 0.291 e. The third-order valence-corrected chi connectivity index (χ3v) is 8.07. The smallest absolute Gasteiger partial charge is 0.291 e. The van der Waals surface area contributed by atoms with Crippen molar-refractivity contribution in [2.24, 2.45) is 0 Å². The lowest BCUT2D eigenvalue weighted by molar-refractivity contribution is 0.306. The number of benzene rings is 3. The Kier molecular flexibility index (Phi) is 8.33. The van der Waals surface area contributed by atoms with Crippen LogP contribution in [-0.2, 0) is 0 Å². The number of aromatic nitrogens is 5. The first kappa shape index (κ1) is 28.4. The summed E-state index contributed by atoms with van der Waals surface area (Å²) in [6.45, 7) is 7.47. The highest BCUT2D eigenvalue weighted by Crippen LogP contribution is 2.29. The number of unbranched alkanes of at least 4 members (excludes halogenated alkanes) is 2. The van der Waals surface area contributed by atoms with Crippen molar-refractivity contribution in [1.29, 1.82) is 0 Å². The average molecular weight is 592 g/mol. The van der Waals surface area contributed by atoms with Crippen molar-refractivity contribution in [3.63, 3.8) is 0 Å². The third-order valence-electron chi connectivity index (χ3n) is 7.11. The second-order valence-electron chi connectivity index (χ2n) is 10.3. The molecule has 0 fully saturated rings. The predicted molar refractivity (Wildman–Crippen MR) is 171 cm³/mol. The molecule has 0 aliphatic rings. The molecule has 0 amide bonds. The fourth-order valence-corrected chi connectivity index (χ4v) is 5.78. The van der Waals surface area contributed by atoms with E-state index in [1.807, 2.05) is 97.5 Å². The largest absolute Gasteiger partial charge is 0.494 e. The SMILES string of the molecule is CCCCCOc1ccc(-c2nc3s/c(=C/c4cn(-c5ccccc5)nc4-c4ccc(OCC)c(C)c4)c(=O)n3n2)cc1. The Balaban J connectivity index is 1.34. The Labute approximate surface area is 253 Å². The van der Waals surface area contributed by atoms with E-state index in [1.165, 1.54) is 15.9 Å². The molecule has 0 radical (unpaired) electrons. The monoisotopic (exact) mass is 591 g/mol. The summed E-state index contributed by atoms with van der Waals surface area (Å²) >= 11 is 1.31. The number of hydrogen-bond acceptors (Lipinski definition) is 7. The zero-order valence-corrected chi connectivity index (χ0v) is 25.3. The summed E-state index contributed by atoms with van der Waals surface area (Å²) in [5.74, 6) is 2.17.